The lowest BCUT2D eigenvalue weighted by atomic mass is 10.6. The maximum absolute atomic E-state index is 11.0. The minimum atomic E-state index is -0.174. The smallest absolute Gasteiger partial charge is 0.242 e. The predicted molar refractivity (Wildman–Crippen MR) is 45.8 cm³/mol. The average Bonchev–Trinajstić information content (AvgIpc) is 2.53. The maximum atomic E-state index is 11.0. The summed E-state index contributed by atoms with van der Waals surface area (Å²) >= 11 is 1.37. The zero-order chi connectivity index (χ0) is 8.81. The van der Waals surface area contributed by atoms with Crippen LogP contribution in [0.15, 0.2) is 11.6 Å². The molecule has 1 heterocycles. The Balaban J connectivity index is 2.27. The number of thiazole rings is 1. The molecular weight excluding hydrogens is 178 g/mol. The van der Waals surface area contributed by atoms with Crippen LogP contribution in [-0.2, 0) is 9.63 Å². The molecule has 0 spiro atoms. The van der Waals surface area contributed by atoms with E-state index in [4.69, 9.17) is 0 Å². The van der Waals surface area contributed by atoms with Crippen LogP contribution in [0.3, 0.4) is 0 Å². The van der Waals surface area contributed by atoms with Gasteiger partial charge in [-0.2, -0.15) is 5.48 Å². The van der Waals surface area contributed by atoms with Crippen molar-refractivity contribution in [1.82, 2.24) is 10.5 Å². The summed E-state index contributed by atoms with van der Waals surface area (Å²) in [6.07, 6.45) is 1.63. The number of carbonyl (C=O) groups is 1. The van der Waals surface area contributed by atoms with Gasteiger partial charge in [-0.15, -0.1) is 11.3 Å². The zero-order valence-corrected chi connectivity index (χ0v) is 7.35. The van der Waals surface area contributed by atoms with Gasteiger partial charge in [0.15, 0.2) is 5.13 Å². The van der Waals surface area contributed by atoms with Crippen molar-refractivity contribution in [2.45, 2.75) is 0 Å². The standard InChI is InChI=1S/C6H9N3O2S/c1-11-8-4-5(10)9-6-7-2-3-12-6/h2-3,8H,4H2,1H3,(H,7,9,10). The first-order valence-corrected chi connectivity index (χ1v) is 4.16. The van der Waals surface area contributed by atoms with Crippen LogP contribution in [0.1, 0.15) is 0 Å². The van der Waals surface area contributed by atoms with Crippen molar-refractivity contribution in [3.05, 3.63) is 11.6 Å². The number of hydrogen-bond acceptors (Lipinski definition) is 5. The predicted octanol–water partition coefficient (Wildman–Crippen LogP) is 0.233. The van der Waals surface area contributed by atoms with E-state index in [0.29, 0.717) is 5.13 Å². The number of hydroxylamine groups is 1. The number of rotatable bonds is 4. The summed E-state index contributed by atoms with van der Waals surface area (Å²) in [5.41, 5.74) is 2.43. The highest BCUT2D eigenvalue weighted by Crippen LogP contribution is 2.09. The Morgan fingerprint density at radius 3 is 3.25 bits per heavy atom. The first-order valence-electron chi connectivity index (χ1n) is 3.28. The third kappa shape index (κ3) is 2.95. The minimum absolute atomic E-state index is 0.121. The molecule has 1 aromatic rings. The zero-order valence-electron chi connectivity index (χ0n) is 6.53. The van der Waals surface area contributed by atoms with E-state index < -0.39 is 0 Å². The first kappa shape index (κ1) is 9.11. The molecule has 0 aliphatic rings. The quantitative estimate of drug-likeness (QED) is 0.662. The van der Waals surface area contributed by atoms with Crippen molar-refractivity contribution in [2.75, 3.05) is 19.0 Å². The molecule has 0 atom stereocenters. The lowest BCUT2D eigenvalue weighted by molar-refractivity contribution is -0.117. The topological polar surface area (TPSA) is 63.2 Å². The maximum Gasteiger partial charge on any atom is 0.242 e. The fourth-order valence-corrected chi connectivity index (χ4v) is 1.13. The summed E-state index contributed by atoms with van der Waals surface area (Å²) in [6.45, 7) is 0.121. The molecule has 0 saturated carbocycles. The first-order chi connectivity index (χ1) is 5.83. The fourth-order valence-electron chi connectivity index (χ4n) is 0.586. The molecule has 0 aliphatic carbocycles. The lowest BCUT2D eigenvalue weighted by Crippen LogP contribution is -2.27. The van der Waals surface area contributed by atoms with Gasteiger partial charge in [0.1, 0.15) is 6.54 Å². The number of anilines is 1. The Labute approximate surface area is 73.7 Å². The van der Waals surface area contributed by atoms with E-state index in [9.17, 15) is 4.79 Å². The highest BCUT2D eigenvalue weighted by atomic mass is 32.1. The third-order valence-corrected chi connectivity index (χ3v) is 1.74. The molecule has 0 aliphatic heterocycles. The molecule has 1 amide bonds. The van der Waals surface area contributed by atoms with E-state index in [1.807, 2.05) is 0 Å². The van der Waals surface area contributed by atoms with Crippen molar-refractivity contribution < 1.29 is 9.63 Å². The molecule has 0 radical (unpaired) electrons. The van der Waals surface area contributed by atoms with E-state index in [0.717, 1.165) is 0 Å². The summed E-state index contributed by atoms with van der Waals surface area (Å²) in [7, 11) is 1.46. The lowest BCUT2D eigenvalue weighted by Gasteiger charge is -2.00. The molecule has 12 heavy (non-hydrogen) atoms. The molecule has 2 N–H and O–H groups in total. The van der Waals surface area contributed by atoms with E-state index >= 15 is 0 Å². The van der Waals surface area contributed by atoms with Gasteiger partial charge in [0.05, 0.1) is 7.11 Å². The molecule has 0 bridgehead atoms. The van der Waals surface area contributed by atoms with Crippen LogP contribution in [0.5, 0.6) is 0 Å². The normalized spacial score (nSPS) is 9.75. The summed E-state index contributed by atoms with van der Waals surface area (Å²) < 4.78 is 0. The third-order valence-electron chi connectivity index (χ3n) is 1.06. The minimum Gasteiger partial charge on any atom is -0.305 e. The summed E-state index contributed by atoms with van der Waals surface area (Å²) in [6, 6.07) is 0. The van der Waals surface area contributed by atoms with Gasteiger partial charge in [0.25, 0.3) is 0 Å². The van der Waals surface area contributed by atoms with Crippen LogP contribution in [0.4, 0.5) is 5.13 Å². The molecular formula is C6H9N3O2S. The second-order valence-corrected chi connectivity index (χ2v) is 2.81. The number of aromatic nitrogens is 1. The van der Waals surface area contributed by atoms with Crippen LogP contribution in [-0.4, -0.2) is 24.5 Å². The van der Waals surface area contributed by atoms with Crippen LogP contribution in [0.2, 0.25) is 0 Å². The Kier molecular flexibility index (Phi) is 3.65. The fraction of sp³-hybridized carbons (Fsp3) is 0.333. The Bertz CT molecular complexity index is 237. The van der Waals surface area contributed by atoms with Gasteiger partial charge in [-0.3, -0.25) is 4.79 Å². The largest absolute Gasteiger partial charge is 0.305 e. The monoisotopic (exact) mass is 187 g/mol. The van der Waals surface area contributed by atoms with Crippen molar-refractivity contribution in [1.29, 1.82) is 0 Å². The Hall–Kier alpha value is -0.980. The van der Waals surface area contributed by atoms with Crippen molar-refractivity contribution in [2.24, 2.45) is 0 Å². The SMILES string of the molecule is CONCC(=O)Nc1nccs1. The van der Waals surface area contributed by atoms with Gasteiger partial charge in [-0.1, -0.05) is 0 Å². The molecule has 0 aromatic carbocycles. The van der Waals surface area contributed by atoms with Gasteiger partial charge >= 0.3 is 0 Å². The molecule has 6 heteroatoms. The summed E-state index contributed by atoms with van der Waals surface area (Å²) in [5, 5.41) is 4.97. The van der Waals surface area contributed by atoms with Crippen molar-refractivity contribution in [3.8, 4) is 0 Å². The number of amides is 1. The Morgan fingerprint density at radius 1 is 1.83 bits per heavy atom. The number of carbonyl (C=O) groups excluding carboxylic acids is 1. The summed E-state index contributed by atoms with van der Waals surface area (Å²) in [4.78, 5) is 19.4. The average molecular weight is 187 g/mol. The van der Waals surface area contributed by atoms with Gasteiger partial charge in [-0.05, 0) is 0 Å². The van der Waals surface area contributed by atoms with Crippen LogP contribution >= 0.6 is 11.3 Å². The van der Waals surface area contributed by atoms with Gasteiger partial charge in [0, 0.05) is 11.6 Å². The van der Waals surface area contributed by atoms with Crippen LogP contribution < -0.4 is 10.8 Å². The van der Waals surface area contributed by atoms with E-state index in [-0.39, 0.29) is 12.5 Å². The molecule has 1 rings (SSSR count). The molecule has 0 fully saturated rings. The number of nitrogens with one attached hydrogen (secondary N) is 2. The molecule has 1 aromatic heterocycles. The second kappa shape index (κ2) is 4.81. The van der Waals surface area contributed by atoms with Gasteiger partial charge in [0.2, 0.25) is 5.91 Å². The van der Waals surface area contributed by atoms with Crippen molar-refractivity contribution >= 4 is 22.4 Å². The van der Waals surface area contributed by atoms with Crippen LogP contribution in [0.25, 0.3) is 0 Å². The van der Waals surface area contributed by atoms with Gasteiger partial charge in [-0.25, -0.2) is 4.98 Å². The number of nitrogens with zero attached hydrogens (tertiary/aromatic N) is 1. The number of hydrogen-bond donors (Lipinski definition) is 2. The molecule has 0 unspecified atom stereocenters. The Morgan fingerprint density at radius 2 is 2.67 bits per heavy atom. The molecule has 5 nitrogen and oxygen atoms in total. The van der Waals surface area contributed by atoms with E-state index in [1.165, 1.54) is 18.4 Å². The summed E-state index contributed by atoms with van der Waals surface area (Å²) in [5.74, 6) is -0.174. The molecule has 0 saturated heterocycles. The van der Waals surface area contributed by atoms with Gasteiger partial charge < -0.3 is 10.2 Å². The highest BCUT2D eigenvalue weighted by Gasteiger charge is 2.01. The molecule has 66 valence electrons. The van der Waals surface area contributed by atoms with Crippen LogP contribution in [0, 0.1) is 0 Å². The highest BCUT2D eigenvalue weighted by molar-refractivity contribution is 7.13. The van der Waals surface area contributed by atoms with Crippen molar-refractivity contribution in [3.63, 3.8) is 0 Å². The van der Waals surface area contributed by atoms with E-state index in [2.05, 4.69) is 20.6 Å². The van der Waals surface area contributed by atoms with E-state index in [1.54, 1.807) is 11.6 Å². The second-order valence-electron chi connectivity index (χ2n) is 1.91.